The molecule has 1 saturated heterocycles. The second-order valence-corrected chi connectivity index (χ2v) is 8.53. The highest BCUT2D eigenvalue weighted by atomic mass is 32.2. The molecule has 144 valence electrons. The van der Waals surface area contributed by atoms with Gasteiger partial charge in [-0.2, -0.15) is 4.31 Å². The Labute approximate surface area is 164 Å². The van der Waals surface area contributed by atoms with E-state index in [9.17, 15) is 8.42 Å². The fourth-order valence-electron chi connectivity index (χ4n) is 3.27. The van der Waals surface area contributed by atoms with Crippen molar-refractivity contribution < 1.29 is 8.42 Å². The van der Waals surface area contributed by atoms with Gasteiger partial charge in [0.15, 0.2) is 0 Å². The lowest BCUT2D eigenvalue weighted by Gasteiger charge is -2.33. The number of sulfonamides is 1. The van der Waals surface area contributed by atoms with E-state index in [4.69, 9.17) is 5.73 Å². The average molecular weight is 395 g/mol. The minimum atomic E-state index is -3.53. The van der Waals surface area contributed by atoms with Crippen molar-refractivity contribution in [2.75, 3.05) is 36.8 Å². The SMILES string of the molecule is Nc1cccc(-c2ccc(S(=O)(=O)N3CCN(c4ncccn4)CC3)cc2)c1. The second kappa shape index (κ2) is 7.57. The van der Waals surface area contributed by atoms with Crippen LogP contribution in [0.1, 0.15) is 0 Å². The molecule has 7 nitrogen and oxygen atoms in total. The largest absolute Gasteiger partial charge is 0.399 e. The molecule has 1 aromatic heterocycles. The number of benzene rings is 2. The summed E-state index contributed by atoms with van der Waals surface area (Å²) in [5, 5.41) is 0. The zero-order valence-electron chi connectivity index (χ0n) is 15.3. The van der Waals surface area contributed by atoms with Crippen molar-refractivity contribution in [2.45, 2.75) is 4.90 Å². The maximum absolute atomic E-state index is 13.0. The number of nitrogen functional groups attached to an aromatic ring is 1. The molecule has 3 aromatic rings. The number of aromatic nitrogens is 2. The lowest BCUT2D eigenvalue weighted by Crippen LogP contribution is -2.49. The van der Waals surface area contributed by atoms with Gasteiger partial charge in [-0.3, -0.25) is 0 Å². The van der Waals surface area contributed by atoms with E-state index < -0.39 is 10.0 Å². The van der Waals surface area contributed by atoms with Crippen molar-refractivity contribution in [3.05, 3.63) is 67.0 Å². The van der Waals surface area contributed by atoms with Crippen molar-refractivity contribution >= 4 is 21.7 Å². The summed E-state index contributed by atoms with van der Waals surface area (Å²) in [4.78, 5) is 10.8. The monoisotopic (exact) mass is 395 g/mol. The van der Waals surface area contributed by atoms with E-state index in [0.717, 1.165) is 11.1 Å². The van der Waals surface area contributed by atoms with Crippen molar-refractivity contribution in [3.8, 4) is 11.1 Å². The lowest BCUT2D eigenvalue weighted by atomic mass is 10.1. The predicted octanol–water partition coefficient (Wildman–Crippen LogP) is 2.24. The van der Waals surface area contributed by atoms with Gasteiger partial charge in [0.25, 0.3) is 0 Å². The minimum Gasteiger partial charge on any atom is -0.399 e. The van der Waals surface area contributed by atoms with E-state index in [1.165, 1.54) is 4.31 Å². The van der Waals surface area contributed by atoms with E-state index in [2.05, 4.69) is 9.97 Å². The van der Waals surface area contributed by atoms with Crippen LogP contribution in [-0.2, 0) is 10.0 Å². The highest BCUT2D eigenvalue weighted by Gasteiger charge is 2.29. The topological polar surface area (TPSA) is 92.4 Å². The smallest absolute Gasteiger partial charge is 0.243 e. The van der Waals surface area contributed by atoms with Gasteiger partial charge in [-0.1, -0.05) is 24.3 Å². The molecular weight excluding hydrogens is 374 g/mol. The number of rotatable bonds is 4. The third-order valence-corrected chi connectivity index (χ3v) is 6.70. The number of nitrogens with zero attached hydrogens (tertiary/aromatic N) is 4. The number of anilines is 2. The van der Waals surface area contributed by atoms with Gasteiger partial charge in [-0.05, 0) is 41.5 Å². The molecule has 0 amide bonds. The number of piperazine rings is 1. The first kappa shape index (κ1) is 18.4. The fourth-order valence-corrected chi connectivity index (χ4v) is 4.69. The summed E-state index contributed by atoms with van der Waals surface area (Å²) in [6, 6.07) is 16.2. The molecule has 8 heteroatoms. The van der Waals surface area contributed by atoms with Crippen LogP contribution in [0.4, 0.5) is 11.6 Å². The number of hydrogen-bond acceptors (Lipinski definition) is 6. The van der Waals surface area contributed by atoms with Gasteiger partial charge < -0.3 is 10.6 Å². The minimum absolute atomic E-state index is 0.296. The Morgan fingerprint density at radius 3 is 2.14 bits per heavy atom. The Morgan fingerprint density at radius 1 is 0.821 bits per heavy atom. The zero-order valence-corrected chi connectivity index (χ0v) is 16.1. The first-order chi connectivity index (χ1) is 13.5. The summed E-state index contributed by atoms with van der Waals surface area (Å²) >= 11 is 0. The molecule has 0 spiro atoms. The van der Waals surface area contributed by atoms with E-state index in [-0.39, 0.29) is 0 Å². The Bertz CT molecular complexity index is 1050. The highest BCUT2D eigenvalue weighted by molar-refractivity contribution is 7.89. The van der Waals surface area contributed by atoms with Crippen molar-refractivity contribution in [3.63, 3.8) is 0 Å². The van der Waals surface area contributed by atoms with Gasteiger partial charge >= 0.3 is 0 Å². The first-order valence-electron chi connectivity index (χ1n) is 9.02. The molecule has 0 radical (unpaired) electrons. The highest BCUT2D eigenvalue weighted by Crippen LogP contribution is 2.25. The van der Waals surface area contributed by atoms with E-state index in [1.54, 1.807) is 30.6 Å². The summed E-state index contributed by atoms with van der Waals surface area (Å²) in [6.07, 6.45) is 3.38. The van der Waals surface area contributed by atoms with Crippen LogP contribution in [0.5, 0.6) is 0 Å². The van der Waals surface area contributed by atoms with Crippen LogP contribution in [0.25, 0.3) is 11.1 Å². The molecule has 0 saturated carbocycles. The molecule has 0 unspecified atom stereocenters. The van der Waals surface area contributed by atoms with Crippen molar-refractivity contribution in [1.82, 2.24) is 14.3 Å². The third-order valence-electron chi connectivity index (χ3n) is 4.79. The predicted molar refractivity (Wildman–Crippen MR) is 109 cm³/mol. The summed E-state index contributed by atoms with van der Waals surface area (Å²) < 4.78 is 27.5. The van der Waals surface area contributed by atoms with Crippen LogP contribution in [0.2, 0.25) is 0 Å². The van der Waals surface area contributed by atoms with Crippen LogP contribution < -0.4 is 10.6 Å². The summed E-state index contributed by atoms with van der Waals surface area (Å²) in [5.74, 6) is 0.631. The van der Waals surface area contributed by atoms with Crippen molar-refractivity contribution in [1.29, 1.82) is 0 Å². The van der Waals surface area contributed by atoms with Crippen molar-refractivity contribution in [2.24, 2.45) is 0 Å². The Morgan fingerprint density at radius 2 is 1.50 bits per heavy atom. The molecular formula is C20H21N5O2S. The molecule has 0 bridgehead atoms. The van der Waals surface area contributed by atoms with Gasteiger partial charge in [0, 0.05) is 44.3 Å². The normalized spacial score (nSPS) is 15.5. The van der Waals surface area contributed by atoms with Crippen LogP contribution in [0.15, 0.2) is 71.9 Å². The van der Waals surface area contributed by atoms with Crippen LogP contribution in [0, 0.1) is 0 Å². The molecule has 2 aromatic carbocycles. The lowest BCUT2D eigenvalue weighted by molar-refractivity contribution is 0.382. The third kappa shape index (κ3) is 3.69. The van der Waals surface area contributed by atoms with Gasteiger partial charge in [-0.25, -0.2) is 18.4 Å². The molecule has 2 N–H and O–H groups in total. The fraction of sp³-hybridized carbons (Fsp3) is 0.200. The molecule has 1 aliphatic rings. The molecule has 2 heterocycles. The maximum Gasteiger partial charge on any atom is 0.243 e. The summed E-state index contributed by atoms with van der Waals surface area (Å²) in [6.45, 7) is 1.92. The Hall–Kier alpha value is -2.97. The van der Waals surface area contributed by atoms with Gasteiger partial charge in [0.1, 0.15) is 0 Å². The quantitative estimate of drug-likeness (QED) is 0.681. The number of nitrogens with two attached hydrogens (primary N) is 1. The summed E-state index contributed by atoms with van der Waals surface area (Å²) in [5.41, 5.74) is 8.39. The molecule has 0 atom stereocenters. The van der Waals surface area contributed by atoms with Crippen LogP contribution >= 0.6 is 0 Å². The maximum atomic E-state index is 13.0. The average Bonchev–Trinajstić information content (AvgIpc) is 2.74. The van der Waals surface area contributed by atoms with E-state index in [1.807, 2.05) is 41.3 Å². The van der Waals surface area contributed by atoms with E-state index >= 15 is 0 Å². The van der Waals surface area contributed by atoms with Crippen LogP contribution in [-0.4, -0.2) is 48.9 Å². The van der Waals surface area contributed by atoms with Gasteiger partial charge in [0.2, 0.25) is 16.0 Å². The van der Waals surface area contributed by atoms with E-state index in [0.29, 0.717) is 42.7 Å². The first-order valence-corrected chi connectivity index (χ1v) is 10.5. The molecule has 28 heavy (non-hydrogen) atoms. The van der Waals surface area contributed by atoms with Crippen LogP contribution in [0.3, 0.4) is 0 Å². The Balaban J connectivity index is 1.48. The molecule has 4 rings (SSSR count). The number of hydrogen-bond donors (Lipinski definition) is 1. The molecule has 1 fully saturated rings. The summed E-state index contributed by atoms with van der Waals surface area (Å²) in [7, 11) is -3.53. The second-order valence-electron chi connectivity index (χ2n) is 6.59. The molecule has 1 aliphatic heterocycles. The molecule has 0 aliphatic carbocycles. The standard InChI is InChI=1S/C20H21N5O2S/c21-18-4-1-3-17(15-18)16-5-7-19(8-6-16)28(26,27)25-13-11-24(12-14-25)20-22-9-2-10-23-20/h1-10,15H,11-14,21H2. The Kier molecular flexibility index (Phi) is 4.97. The van der Waals surface area contributed by atoms with Gasteiger partial charge in [-0.15, -0.1) is 0 Å². The zero-order chi connectivity index (χ0) is 19.6. The van der Waals surface area contributed by atoms with Gasteiger partial charge in [0.05, 0.1) is 4.90 Å².